The van der Waals surface area contributed by atoms with Crippen LogP contribution in [-0.4, -0.2) is 35.7 Å². The quantitative estimate of drug-likeness (QED) is 0.344. The van der Waals surface area contributed by atoms with Gasteiger partial charge in [-0.1, -0.05) is 23.9 Å². The zero-order chi connectivity index (χ0) is 18.5. The molecule has 0 N–H and O–H groups in total. The molecule has 2 aromatic carbocycles. The molecule has 3 aromatic rings. The third kappa shape index (κ3) is 4.42. The fraction of sp³-hybridized carbons (Fsp3) is 0.211. The van der Waals surface area contributed by atoms with Crippen LogP contribution < -0.4 is 4.74 Å². The zero-order valence-electron chi connectivity index (χ0n) is 14.3. The van der Waals surface area contributed by atoms with Crippen molar-refractivity contribution < 1.29 is 19.1 Å². The number of hydrogen-bond acceptors (Lipinski definition) is 7. The van der Waals surface area contributed by atoms with Crippen molar-refractivity contribution in [2.75, 3.05) is 12.9 Å². The molecule has 0 unspecified atom stereocenters. The number of rotatable bonds is 7. The second-order valence-electron chi connectivity index (χ2n) is 5.46. The lowest BCUT2D eigenvalue weighted by atomic mass is 10.1. The highest BCUT2D eigenvalue weighted by molar-refractivity contribution is 8.01. The number of carbonyl (C=O) groups is 2. The summed E-state index contributed by atoms with van der Waals surface area (Å²) in [6, 6.07) is 14.5. The maximum atomic E-state index is 12.3. The molecule has 0 fully saturated rings. The fourth-order valence-corrected chi connectivity index (χ4v) is 4.16. The molecule has 0 saturated heterocycles. The van der Waals surface area contributed by atoms with Crippen molar-refractivity contribution in [1.29, 1.82) is 0 Å². The number of para-hydroxylation sites is 1. The number of thiazole rings is 1. The van der Waals surface area contributed by atoms with Gasteiger partial charge in [-0.15, -0.1) is 11.3 Å². The van der Waals surface area contributed by atoms with E-state index in [1.807, 2.05) is 24.3 Å². The van der Waals surface area contributed by atoms with Crippen LogP contribution in [0.2, 0.25) is 0 Å². The topological polar surface area (TPSA) is 65.5 Å². The van der Waals surface area contributed by atoms with Crippen molar-refractivity contribution in [3.05, 3.63) is 54.1 Å². The molecule has 1 aromatic heterocycles. The van der Waals surface area contributed by atoms with Gasteiger partial charge in [-0.05, 0) is 43.3 Å². The Morgan fingerprint density at radius 3 is 2.58 bits per heavy atom. The van der Waals surface area contributed by atoms with Crippen LogP contribution in [0.1, 0.15) is 17.3 Å². The lowest BCUT2D eigenvalue weighted by Gasteiger charge is -2.12. The molecule has 1 atom stereocenters. The molecule has 0 amide bonds. The standard InChI is InChI=1S/C19H17NO4S2/c1-12(18(22)13-7-9-14(23-2)10-8-13)24-17(21)11-25-19-20-15-5-3-4-6-16(15)26-19/h3-10,12H,11H2,1-2H3/t12-/m1/s1. The number of carbonyl (C=O) groups excluding carboxylic acids is 2. The lowest BCUT2D eigenvalue weighted by molar-refractivity contribution is -0.143. The van der Waals surface area contributed by atoms with Gasteiger partial charge in [0.15, 0.2) is 10.4 Å². The summed E-state index contributed by atoms with van der Waals surface area (Å²) in [7, 11) is 1.56. The highest BCUT2D eigenvalue weighted by atomic mass is 32.2. The van der Waals surface area contributed by atoms with E-state index in [-0.39, 0.29) is 11.5 Å². The molecule has 0 aliphatic rings. The second-order valence-corrected chi connectivity index (χ2v) is 7.71. The van der Waals surface area contributed by atoms with Crippen LogP contribution in [0.5, 0.6) is 5.75 Å². The summed E-state index contributed by atoms with van der Waals surface area (Å²) in [5.74, 6) is 0.0908. The summed E-state index contributed by atoms with van der Waals surface area (Å²) in [6.07, 6.45) is -0.841. The Balaban J connectivity index is 1.53. The van der Waals surface area contributed by atoms with E-state index in [9.17, 15) is 9.59 Å². The first-order valence-electron chi connectivity index (χ1n) is 7.93. The molecule has 0 spiro atoms. The summed E-state index contributed by atoms with van der Waals surface area (Å²) in [5, 5.41) is 0. The first-order chi connectivity index (χ1) is 12.6. The number of aromatic nitrogens is 1. The number of thioether (sulfide) groups is 1. The van der Waals surface area contributed by atoms with Crippen LogP contribution in [0, 0.1) is 0 Å². The molecular weight excluding hydrogens is 370 g/mol. The normalized spacial score (nSPS) is 11.9. The van der Waals surface area contributed by atoms with Crippen molar-refractivity contribution in [1.82, 2.24) is 4.98 Å². The zero-order valence-corrected chi connectivity index (χ0v) is 15.9. The number of hydrogen-bond donors (Lipinski definition) is 0. The number of nitrogens with zero attached hydrogens (tertiary/aromatic N) is 1. The number of methoxy groups -OCH3 is 1. The van der Waals surface area contributed by atoms with Crippen LogP contribution >= 0.6 is 23.1 Å². The van der Waals surface area contributed by atoms with Crippen LogP contribution in [0.25, 0.3) is 10.2 Å². The number of Topliss-reactive ketones (excluding diaryl/α,β-unsaturated/α-hetero) is 1. The Morgan fingerprint density at radius 2 is 1.88 bits per heavy atom. The van der Waals surface area contributed by atoms with Gasteiger partial charge in [-0.2, -0.15) is 0 Å². The van der Waals surface area contributed by atoms with Crippen molar-refractivity contribution >= 4 is 45.1 Å². The molecule has 0 aliphatic heterocycles. The smallest absolute Gasteiger partial charge is 0.317 e. The minimum absolute atomic E-state index is 0.111. The van der Waals surface area contributed by atoms with Crippen molar-refractivity contribution in [3.8, 4) is 5.75 Å². The average molecular weight is 387 g/mol. The minimum atomic E-state index is -0.841. The molecular formula is C19H17NO4S2. The van der Waals surface area contributed by atoms with Crippen molar-refractivity contribution in [2.45, 2.75) is 17.4 Å². The third-order valence-electron chi connectivity index (χ3n) is 3.64. The number of benzene rings is 2. The highest BCUT2D eigenvalue weighted by Crippen LogP contribution is 2.29. The van der Waals surface area contributed by atoms with Gasteiger partial charge in [0.1, 0.15) is 5.75 Å². The fourth-order valence-electron chi connectivity index (χ4n) is 2.31. The number of esters is 1. The molecule has 0 radical (unpaired) electrons. The van der Waals surface area contributed by atoms with E-state index in [1.54, 1.807) is 38.3 Å². The molecule has 134 valence electrons. The summed E-state index contributed by atoms with van der Waals surface area (Å²) < 4.78 is 12.2. The third-order valence-corrected chi connectivity index (χ3v) is 5.79. The van der Waals surface area contributed by atoms with Gasteiger partial charge in [-0.3, -0.25) is 9.59 Å². The molecule has 5 nitrogen and oxygen atoms in total. The van der Waals surface area contributed by atoms with Gasteiger partial charge in [0.25, 0.3) is 0 Å². The molecule has 0 saturated carbocycles. The average Bonchev–Trinajstić information content (AvgIpc) is 3.09. The Bertz CT molecular complexity index is 888. The number of ether oxygens (including phenoxy) is 2. The van der Waals surface area contributed by atoms with E-state index in [2.05, 4.69) is 4.98 Å². The van der Waals surface area contributed by atoms with E-state index in [0.29, 0.717) is 11.3 Å². The Kier molecular flexibility index (Phi) is 5.90. The summed E-state index contributed by atoms with van der Waals surface area (Å²) in [6.45, 7) is 1.58. The Hall–Kier alpha value is -2.38. The van der Waals surface area contributed by atoms with Crippen LogP contribution in [0.15, 0.2) is 52.9 Å². The SMILES string of the molecule is COc1ccc(C(=O)[C@@H](C)OC(=O)CSc2nc3ccccc3s2)cc1. The maximum Gasteiger partial charge on any atom is 0.317 e. The van der Waals surface area contributed by atoms with E-state index in [4.69, 9.17) is 9.47 Å². The Morgan fingerprint density at radius 1 is 1.15 bits per heavy atom. The van der Waals surface area contributed by atoms with Gasteiger partial charge >= 0.3 is 5.97 Å². The molecule has 1 heterocycles. The Labute approximate surface area is 159 Å². The second kappa shape index (κ2) is 8.33. The first kappa shape index (κ1) is 18.4. The molecule has 0 bridgehead atoms. The predicted molar refractivity (Wildman–Crippen MR) is 103 cm³/mol. The largest absolute Gasteiger partial charge is 0.497 e. The van der Waals surface area contributed by atoms with Crippen LogP contribution in [0.4, 0.5) is 0 Å². The van der Waals surface area contributed by atoms with Crippen molar-refractivity contribution in [2.24, 2.45) is 0 Å². The van der Waals surface area contributed by atoms with Gasteiger partial charge in [0.05, 0.1) is 23.1 Å². The monoisotopic (exact) mass is 387 g/mol. The van der Waals surface area contributed by atoms with Crippen molar-refractivity contribution in [3.63, 3.8) is 0 Å². The molecule has 7 heteroatoms. The van der Waals surface area contributed by atoms with Gasteiger partial charge in [0, 0.05) is 5.56 Å². The van der Waals surface area contributed by atoms with E-state index in [1.165, 1.54) is 23.1 Å². The highest BCUT2D eigenvalue weighted by Gasteiger charge is 2.20. The predicted octanol–water partition coefficient (Wildman–Crippen LogP) is 4.21. The molecule has 3 rings (SSSR count). The molecule has 26 heavy (non-hydrogen) atoms. The molecule has 0 aliphatic carbocycles. The first-order valence-corrected chi connectivity index (χ1v) is 9.73. The van der Waals surface area contributed by atoms with E-state index >= 15 is 0 Å². The van der Waals surface area contributed by atoms with Crippen LogP contribution in [-0.2, 0) is 9.53 Å². The van der Waals surface area contributed by atoms with Crippen LogP contribution in [0.3, 0.4) is 0 Å². The minimum Gasteiger partial charge on any atom is -0.497 e. The number of ketones is 1. The summed E-state index contributed by atoms with van der Waals surface area (Å²) >= 11 is 2.84. The maximum absolute atomic E-state index is 12.3. The van der Waals surface area contributed by atoms with E-state index < -0.39 is 12.1 Å². The number of fused-ring (bicyclic) bond motifs is 1. The summed E-state index contributed by atoms with van der Waals surface area (Å²) in [4.78, 5) is 28.8. The van der Waals surface area contributed by atoms with Gasteiger partial charge < -0.3 is 9.47 Å². The van der Waals surface area contributed by atoms with E-state index in [0.717, 1.165) is 14.6 Å². The van der Waals surface area contributed by atoms with Gasteiger partial charge in [0.2, 0.25) is 5.78 Å². The van der Waals surface area contributed by atoms with Gasteiger partial charge in [-0.25, -0.2) is 4.98 Å². The lowest BCUT2D eigenvalue weighted by Crippen LogP contribution is -2.25. The summed E-state index contributed by atoms with van der Waals surface area (Å²) in [5.41, 5.74) is 1.39.